The number of nitrogens with one attached hydrogen (secondary N) is 2. The molecule has 3 aromatic carbocycles. The van der Waals surface area contributed by atoms with E-state index in [1.165, 1.54) is 0 Å². The first kappa shape index (κ1) is 23.3. The first-order valence-electron chi connectivity index (χ1n) is 11.4. The topological polar surface area (TPSA) is 58.2 Å². The quantitative estimate of drug-likeness (QED) is 0.343. The van der Waals surface area contributed by atoms with Crippen LogP contribution in [0.3, 0.4) is 0 Å². The minimum absolute atomic E-state index is 0.0114. The maximum Gasteiger partial charge on any atom is 0.261 e. The van der Waals surface area contributed by atoms with E-state index in [1.807, 2.05) is 42.5 Å². The molecule has 5 rings (SSSR count). The average molecular weight is 513 g/mol. The van der Waals surface area contributed by atoms with Crippen molar-refractivity contribution in [2.75, 3.05) is 10.0 Å². The van der Waals surface area contributed by atoms with E-state index in [2.05, 4.69) is 36.0 Å². The van der Waals surface area contributed by atoms with Crippen LogP contribution in [0.25, 0.3) is 0 Å². The van der Waals surface area contributed by atoms with Crippen molar-refractivity contribution in [2.24, 2.45) is 5.92 Å². The third-order valence-corrected chi connectivity index (χ3v) is 8.71. The molecule has 0 radical (unpaired) electrons. The Labute approximate surface area is 211 Å². The Morgan fingerprint density at radius 2 is 1.74 bits per heavy atom. The van der Waals surface area contributed by atoms with E-state index < -0.39 is 10.0 Å². The molecule has 0 saturated carbocycles. The fourth-order valence-electron chi connectivity index (χ4n) is 4.95. The minimum atomic E-state index is -3.72. The molecular formula is C27H26Cl2N2O2S. The molecule has 0 unspecified atom stereocenters. The summed E-state index contributed by atoms with van der Waals surface area (Å²) < 4.78 is 29.1. The Balaban J connectivity index is 1.46. The van der Waals surface area contributed by atoms with Crippen LogP contribution < -0.4 is 10.0 Å². The van der Waals surface area contributed by atoms with E-state index in [1.54, 1.807) is 18.2 Å². The highest BCUT2D eigenvalue weighted by atomic mass is 35.5. The van der Waals surface area contributed by atoms with Crippen LogP contribution in [-0.4, -0.2) is 8.42 Å². The molecule has 1 heterocycles. The van der Waals surface area contributed by atoms with Crippen LogP contribution in [0.4, 0.5) is 11.4 Å². The first-order valence-corrected chi connectivity index (χ1v) is 13.6. The van der Waals surface area contributed by atoms with Crippen LogP contribution in [-0.2, 0) is 10.0 Å². The summed E-state index contributed by atoms with van der Waals surface area (Å²) in [6.07, 6.45) is 5.23. The van der Waals surface area contributed by atoms with Gasteiger partial charge in [0.15, 0.2) is 0 Å². The van der Waals surface area contributed by atoms with Crippen molar-refractivity contribution < 1.29 is 8.42 Å². The minimum Gasteiger partial charge on any atom is -0.378 e. The number of halogens is 2. The zero-order valence-corrected chi connectivity index (χ0v) is 21.3. The van der Waals surface area contributed by atoms with Gasteiger partial charge in [-0.1, -0.05) is 67.4 Å². The zero-order chi connectivity index (χ0) is 24.0. The molecule has 0 spiro atoms. The second-order valence-corrected chi connectivity index (χ2v) is 11.8. The molecule has 0 bridgehead atoms. The monoisotopic (exact) mass is 512 g/mol. The molecule has 3 aromatic rings. The summed E-state index contributed by atoms with van der Waals surface area (Å²) in [5, 5.41) is 4.84. The molecule has 1 aliphatic heterocycles. The Kier molecular flexibility index (Phi) is 6.13. The SMILES string of the molecule is CC(C)c1ccc(NS(=O)(=O)c2ccc3c(c2)[C@H]2C=CC[C@H]2[C@@H](c2ccc(Cl)cc2Cl)N3)cc1. The normalized spacial score (nSPS) is 21.1. The second kappa shape index (κ2) is 8.95. The molecular weight excluding hydrogens is 487 g/mol. The highest BCUT2D eigenvalue weighted by molar-refractivity contribution is 7.92. The zero-order valence-electron chi connectivity index (χ0n) is 18.9. The number of fused-ring (bicyclic) bond motifs is 3. The molecule has 2 N–H and O–H groups in total. The third-order valence-electron chi connectivity index (χ3n) is 6.77. The molecule has 176 valence electrons. The summed E-state index contributed by atoms with van der Waals surface area (Å²) in [4.78, 5) is 0.253. The molecule has 0 saturated heterocycles. The van der Waals surface area contributed by atoms with Crippen molar-refractivity contribution in [3.05, 3.63) is 99.6 Å². The summed E-state index contributed by atoms with van der Waals surface area (Å²) in [5.74, 6) is 0.729. The van der Waals surface area contributed by atoms with E-state index in [9.17, 15) is 8.42 Å². The van der Waals surface area contributed by atoms with Gasteiger partial charge in [0.2, 0.25) is 0 Å². The fourth-order valence-corrected chi connectivity index (χ4v) is 6.57. The van der Waals surface area contributed by atoms with Crippen molar-refractivity contribution in [3.63, 3.8) is 0 Å². The smallest absolute Gasteiger partial charge is 0.261 e. The van der Waals surface area contributed by atoms with Gasteiger partial charge in [-0.05, 0) is 77.4 Å². The molecule has 34 heavy (non-hydrogen) atoms. The van der Waals surface area contributed by atoms with Gasteiger partial charge >= 0.3 is 0 Å². The highest BCUT2D eigenvalue weighted by Crippen LogP contribution is 2.51. The van der Waals surface area contributed by atoms with E-state index in [0.717, 1.165) is 28.8 Å². The fraction of sp³-hybridized carbons (Fsp3) is 0.259. The van der Waals surface area contributed by atoms with Gasteiger partial charge in [-0.25, -0.2) is 8.42 Å². The third kappa shape index (κ3) is 4.33. The number of allylic oxidation sites excluding steroid dienone is 2. The number of rotatable bonds is 5. The van der Waals surface area contributed by atoms with Crippen LogP contribution in [0.1, 0.15) is 54.8 Å². The van der Waals surface area contributed by atoms with Gasteiger partial charge in [0, 0.05) is 27.3 Å². The van der Waals surface area contributed by atoms with Crippen molar-refractivity contribution in [1.82, 2.24) is 0 Å². The summed E-state index contributed by atoms with van der Waals surface area (Å²) in [6.45, 7) is 4.22. The van der Waals surface area contributed by atoms with Gasteiger partial charge in [-0.15, -0.1) is 0 Å². The molecule has 0 fully saturated rings. The molecule has 2 aliphatic rings. The van der Waals surface area contributed by atoms with Gasteiger partial charge in [-0.2, -0.15) is 0 Å². The van der Waals surface area contributed by atoms with Gasteiger partial charge in [0.1, 0.15) is 0 Å². The van der Waals surface area contributed by atoms with Crippen LogP contribution in [0.15, 0.2) is 77.7 Å². The van der Waals surface area contributed by atoms with Crippen molar-refractivity contribution in [1.29, 1.82) is 0 Å². The molecule has 0 amide bonds. The van der Waals surface area contributed by atoms with E-state index in [0.29, 0.717) is 21.7 Å². The predicted octanol–water partition coefficient (Wildman–Crippen LogP) is 7.74. The largest absolute Gasteiger partial charge is 0.378 e. The van der Waals surface area contributed by atoms with E-state index in [4.69, 9.17) is 23.2 Å². The number of benzene rings is 3. The van der Waals surface area contributed by atoms with Crippen molar-refractivity contribution >= 4 is 44.6 Å². The molecule has 3 atom stereocenters. The highest BCUT2D eigenvalue weighted by Gasteiger charge is 2.39. The molecule has 1 aliphatic carbocycles. The van der Waals surface area contributed by atoms with Crippen LogP contribution in [0.2, 0.25) is 10.0 Å². The Hall–Kier alpha value is -2.47. The Morgan fingerprint density at radius 3 is 2.44 bits per heavy atom. The van der Waals surface area contributed by atoms with Crippen molar-refractivity contribution in [3.8, 4) is 0 Å². The summed E-state index contributed by atoms with van der Waals surface area (Å²) >= 11 is 12.6. The van der Waals surface area contributed by atoms with Crippen LogP contribution in [0.5, 0.6) is 0 Å². The maximum absolute atomic E-state index is 13.2. The maximum atomic E-state index is 13.2. The summed E-state index contributed by atoms with van der Waals surface area (Å²) in [5.41, 5.74) is 4.62. The average Bonchev–Trinajstić information content (AvgIpc) is 3.29. The number of hydrogen-bond donors (Lipinski definition) is 2. The van der Waals surface area contributed by atoms with E-state index in [-0.39, 0.29) is 22.8 Å². The number of sulfonamides is 1. The Morgan fingerprint density at radius 1 is 0.971 bits per heavy atom. The Bertz CT molecular complexity index is 1370. The van der Waals surface area contributed by atoms with Gasteiger partial charge in [0.25, 0.3) is 10.0 Å². The lowest BCUT2D eigenvalue weighted by atomic mass is 9.77. The van der Waals surface area contributed by atoms with Crippen molar-refractivity contribution in [2.45, 2.75) is 43.0 Å². The van der Waals surface area contributed by atoms with E-state index >= 15 is 0 Å². The lowest BCUT2D eigenvalue weighted by Gasteiger charge is -2.38. The van der Waals surface area contributed by atoms with Crippen LogP contribution >= 0.6 is 23.2 Å². The lowest BCUT2D eigenvalue weighted by Crippen LogP contribution is -2.29. The lowest BCUT2D eigenvalue weighted by molar-refractivity contribution is 0.425. The summed E-state index contributed by atoms with van der Waals surface area (Å²) in [7, 11) is -3.72. The van der Waals surface area contributed by atoms with Gasteiger partial charge in [-0.3, -0.25) is 4.72 Å². The number of anilines is 2. The molecule has 7 heteroatoms. The standard InChI is InChI=1S/C27H26Cl2N2O2S/c1-16(2)17-6-9-19(10-7-17)31-34(32,33)20-11-13-26-24(15-20)21-4-3-5-22(21)27(30-26)23-12-8-18(28)14-25(23)29/h3-4,6-16,21-22,27,30-31H,5H2,1-2H3/t21-,22+,27-/m0/s1. The molecule has 0 aromatic heterocycles. The van der Waals surface area contributed by atoms with Gasteiger partial charge in [0.05, 0.1) is 10.9 Å². The predicted molar refractivity (Wildman–Crippen MR) is 141 cm³/mol. The second-order valence-electron chi connectivity index (χ2n) is 9.27. The molecule has 4 nitrogen and oxygen atoms in total. The number of hydrogen-bond acceptors (Lipinski definition) is 3. The first-order chi connectivity index (χ1) is 16.2. The van der Waals surface area contributed by atoms with Crippen LogP contribution in [0, 0.1) is 5.92 Å². The summed E-state index contributed by atoms with van der Waals surface area (Å²) in [6, 6.07) is 18.4. The van der Waals surface area contributed by atoms with Gasteiger partial charge < -0.3 is 5.32 Å².